The molecule has 1 rings (SSSR count). The summed E-state index contributed by atoms with van der Waals surface area (Å²) in [6.07, 6.45) is 47.5. The summed E-state index contributed by atoms with van der Waals surface area (Å²) in [6, 6.07) is 8.05. The molecule has 1 saturated heterocycles. The van der Waals surface area contributed by atoms with Crippen LogP contribution in [0.1, 0.15) is 253 Å². The topological polar surface area (TPSA) is 9.23 Å². The van der Waals surface area contributed by atoms with Gasteiger partial charge < -0.3 is 4.43 Å². The van der Waals surface area contributed by atoms with Gasteiger partial charge in [0.05, 0.1) is 13.2 Å². The van der Waals surface area contributed by atoms with Crippen LogP contribution in [0.3, 0.4) is 0 Å². The van der Waals surface area contributed by atoms with Crippen LogP contribution >= 0.6 is 0 Å². The van der Waals surface area contributed by atoms with Crippen molar-refractivity contribution in [3.63, 3.8) is 0 Å². The van der Waals surface area contributed by atoms with E-state index in [-0.39, 0.29) is 5.60 Å². The molecule has 0 unspecified atom stereocenters. The Hall–Kier alpha value is 0.394. The van der Waals surface area contributed by atoms with E-state index < -0.39 is 15.4 Å². The first kappa shape index (κ1) is 46.4. The maximum Gasteiger partial charge on any atom is 0.181 e. The third kappa shape index (κ3) is 19.3. The normalized spacial score (nSPS) is 16.9. The van der Waals surface area contributed by atoms with Crippen molar-refractivity contribution in [3.8, 4) is 0 Å². The average molecular weight is 707 g/mol. The van der Waals surface area contributed by atoms with E-state index in [1.165, 1.54) is 212 Å². The highest BCUT2D eigenvalue weighted by Gasteiger charge is 2.60. The van der Waals surface area contributed by atoms with Crippen LogP contribution < -0.4 is 0 Å². The van der Waals surface area contributed by atoms with Crippen LogP contribution in [-0.4, -0.2) is 21.0 Å². The molecular weight excluding hydrogens is 613 g/mol. The molecule has 48 heavy (non-hydrogen) atoms. The van der Waals surface area contributed by atoms with Crippen molar-refractivity contribution in [2.75, 3.05) is 0 Å². The zero-order valence-electron chi connectivity index (χ0n) is 34.8. The fourth-order valence-corrected chi connectivity index (χ4v) is 30.1. The van der Waals surface area contributed by atoms with Crippen LogP contribution in [0.2, 0.25) is 30.2 Å². The van der Waals surface area contributed by atoms with Crippen molar-refractivity contribution in [1.29, 1.82) is 0 Å². The molecule has 3 heteroatoms. The number of rotatable bonds is 36. The molecule has 1 nitrogen and oxygen atoms in total. The van der Waals surface area contributed by atoms with E-state index in [1.54, 1.807) is 30.2 Å². The summed E-state index contributed by atoms with van der Waals surface area (Å²) < 4.78 is 8.46. The highest BCUT2D eigenvalue weighted by Crippen LogP contribution is 2.52. The molecule has 288 valence electrons. The third-order valence-corrected chi connectivity index (χ3v) is 31.6. The van der Waals surface area contributed by atoms with Crippen LogP contribution in [0.15, 0.2) is 0 Å². The summed E-state index contributed by atoms with van der Waals surface area (Å²) in [7, 11) is -3.38. The van der Waals surface area contributed by atoms with Gasteiger partial charge in [-0.05, 0) is 31.4 Å². The van der Waals surface area contributed by atoms with Crippen LogP contribution in [0.5, 0.6) is 0 Å². The van der Waals surface area contributed by atoms with Crippen LogP contribution in [0, 0.1) is 0 Å². The van der Waals surface area contributed by atoms with Crippen molar-refractivity contribution in [2.45, 2.75) is 289 Å². The molecule has 0 spiro atoms. The molecule has 1 aliphatic heterocycles. The van der Waals surface area contributed by atoms with Gasteiger partial charge in [-0.2, -0.15) is 0 Å². The molecule has 0 radical (unpaired) electrons. The van der Waals surface area contributed by atoms with E-state index in [0.29, 0.717) is 0 Å². The molecule has 0 N–H and O–H groups in total. The van der Waals surface area contributed by atoms with Gasteiger partial charge in [-0.1, -0.05) is 252 Å². The number of hydrogen-bond donors (Lipinski definition) is 0. The largest absolute Gasteiger partial charge is 0.414 e. The molecule has 0 aliphatic carbocycles. The lowest BCUT2D eigenvalue weighted by Crippen LogP contribution is -2.71. The van der Waals surface area contributed by atoms with Gasteiger partial charge in [-0.3, -0.25) is 0 Å². The Kier molecular flexibility index (Phi) is 29.9. The minimum atomic E-state index is -1.87. The first-order chi connectivity index (χ1) is 23.5. The second kappa shape index (κ2) is 31.0. The molecule has 0 aromatic carbocycles. The smallest absolute Gasteiger partial charge is 0.181 e. The summed E-state index contributed by atoms with van der Waals surface area (Å²) in [4.78, 5) is 0. The van der Waals surface area contributed by atoms with Gasteiger partial charge in [0.2, 0.25) is 0 Å². The maximum atomic E-state index is 8.46. The number of hydrogen-bond acceptors (Lipinski definition) is 1. The first-order valence-corrected chi connectivity index (χ1v) is 29.2. The zero-order valence-corrected chi connectivity index (χ0v) is 36.8. The fourth-order valence-electron chi connectivity index (χ4n) is 9.60. The zero-order chi connectivity index (χ0) is 35.1. The van der Waals surface area contributed by atoms with Crippen molar-refractivity contribution in [3.05, 3.63) is 0 Å². The lowest BCUT2D eigenvalue weighted by molar-refractivity contribution is 0.0258. The van der Waals surface area contributed by atoms with Crippen molar-refractivity contribution >= 4 is 15.4 Å². The molecule has 1 fully saturated rings. The van der Waals surface area contributed by atoms with E-state index in [0.717, 1.165) is 0 Å². The Morgan fingerprint density at radius 1 is 0.354 bits per heavy atom. The molecule has 0 aromatic rings. The van der Waals surface area contributed by atoms with Crippen LogP contribution in [0.25, 0.3) is 0 Å². The Balaban J connectivity index is 3.51. The van der Waals surface area contributed by atoms with Gasteiger partial charge >= 0.3 is 0 Å². The Labute approximate surface area is 308 Å². The monoisotopic (exact) mass is 707 g/mol. The van der Waals surface area contributed by atoms with Crippen molar-refractivity contribution in [1.82, 2.24) is 0 Å². The molecule has 1 heterocycles. The SMILES string of the molecule is CCCCCCCC1(CCCCCCC)CC[Si](CCCCCCC)(CCCCCCC)[Si](CCCCCCC)(CCCCCCC)O1. The van der Waals surface area contributed by atoms with Gasteiger partial charge in [-0.25, -0.2) is 0 Å². The summed E-state index contributed by atoms with van der Waals surface area (Å²) in [5, 5.41) is 0. The first-order valence-electron chi connectivity index (χ1n) is 23.2. The lowest BCUT2D eigenvalue weighted by Gasteiger charge is -2.58. The third-order valence-electron chi connectivity index (χ3n) is 12.8. The molecule has 0 bridgehead atoms. The quantitative estimate of drug-likeness (QED) is 0.0465. The van der Waals surface area contributed by atoms with Crippen LogP contribution in [-0.2, 0) is 4.43 Å². The fraction of sp³-hybridized carbons (Fsp3) is 1.00. The molecule has 0 atom stereocenters. The summed E-state index contributed by atoms with van der Waals surface area (Å²) in [5.41, 5.74) is 0.235. The predicted octanol–water partition coefficient (Wildman–Crippen LogP) is 17.2. The predicted molar refractivity (Wildman–Crippen MR) is 226 cm³/mol. The lowest BCUT2D eigenvalue weighted by atomic mass is 9.87. The van der Waals surface area contributed by atoms with E-state index in [4.69, 9.17) is 4.43 Å². The highest BCUT2D eigenvalue weighted by molar-refractivity contribution is 7.40. The summed E-state index contributed by atoms with van der Waals surface area (Å²) in [6.45, 7) is 14.3. The van der Waals surface area contributed by atoms with E-state index >= 15 is 0 Å². The maximum absolute atomic E-state index is 8.46. The number of unbranched alkanes of at least 4 members (excludes halogenated alkanes) is 24. The van der Waals surface area contributed by atoms with Gasteiger partial charge in [-0.15, -0.1) is 0 Å². The average Bonchev–Trinajstić information content (AvgIpc) is 3.09. The van der Waals surface area contributed by atoms with Gasteiger partial charge in [0.1, 0.15) is 0 Å². The Morgan fingerprint density at radius 2 is 0.646 bits per heavy atom. The van der Waals surface area contributed by atoms with Crippen molar-refractivity contribution < 1.29 is 4.43 Å². The second-order valence-corrected chi connectivity index (χ2v) is 30.2. The molecule has 0 saturated carbocycles. The second-order valence-electron chi connectivity index (χ2n) is 17.0. The van der Waals surface area contributed by atoms with Gasteiger partial charge in [0.25, 0.3) is 0 Å². The molecular formula is C45H94OSi2. The van der Waals surface area contributed by atoms with Crippen LogP contribution in [0.4, 0.5) is 0 Å². The van der Waals surface area contributed by atoms with E-state index in [2.05, 4.69) is 41.5 Å². The highest BCUT2D eigenvalue weighted by atomic mass is 29.3. The molecule has 1 aliphatic rings. The standard InChI is InChI=1S/C45H94OSi2/c1-7-13-19-25-31-37-45(38-32-26-20-14-8-2)39-44-47(40-33-27-21-15-9-3,41-34-28-22-16-10-4)48(46-45,42-35-29-23-17-11-5)43-36-30-24-18-12-6/h7-44H2,1-6H3. The summed E-state index contributed by atoms with van der Waals surface area (Å²) >= 11 is 0. The Bertz CT molecular complexity index is 636. The van der Waals surface area contributed by atoms with Gasteiger partial charge in [0, 0.05) is 0 Å². The molecule has 0 aromatic heterocycles. The van der Waals surface area contributed by atoms with E-state index in [1.807, 2.05) is 0 Å². The van der Waals surface area contributed by atoms with E-state index in [9.17, 15) is 0 Å². The Morgan fingerprint density at radius 3 is 0.979 bits per heavy atom. The minimum absolute atomic E-state index is 0.235. The van der Waals surface area contributed by atoms with Crippen molar-refractivity contribution in [2.24, 2.45) is 0 Å². The van der Waals surface area contributed by atoms with Gasteiger partial charge in [0.15, 0.2) is 7.83 Å². The summed E-state index contributed by atoms with van der Waals surface area (Å²) in [5.74, 6) is 0. The molecule has 0 amide bonds. The minimum Gasteiger partial charge on any atom is -0.414 e.